The van der Waals surface area contributed by atoms with Crippen LogP contribution in [0.1, 0.15) is 31.4 Å². The third kappa shape index (κ3) is 1.82. The molecule has 3 rings (SSSR count). The fourth-order valence-electron chi connectivity index (χ4n) is 3.25. The lowest BCUT2D eigenvalue weighted by molar-refractivity contribution is -0.154. The lowest BCUT2D eigenvalue weighted by Gasteiger charge is -2.52. The molecule has 1 N–H and O–H groups in total. The van der Waals surface area contributed by atoms with Crippen molar-refractivity contribution in [2.24, 2.45) is 5.41 Å². The Kier molecular flexibility index (Phi) is 2.81. The van der Waals surface area contributed by atoms with Crippen molar-refractivity contribution in [2.45, 2.75) is 25.8 Å². The van der Waals surface area contributed by atoms with Crippen LogP contribution in [-0.2, 0) is 9.59 Å². The van der Waals surface area contributed by atoms with Gasteiger partial charge < -0.3 is 10.2 Å². The second-order valence-electron chi connectivity index (χ2n) is 5.48. The first-order valence-corrected chi connectivity index (χ1v) is 6.75. The van der Waals surface area contributed by atoms with Gasteiger partial charge in [-0.15, -0.1) is 0 Å². The van der Waals surface area contributed by atoms with E-state index < -0.39 is 0 Å². The highest BCUT2D eigenvalue weighted by molar-refractivity contribution is 5.91. The van der Waals surface area contributed by atoms with Gasteiger partial charge in [0, 0.05) is 20.0 Å². The van der Waals surface area contributed by atoms with E-state index in [9.17, 15) is 9.59 Å². The number of amides is 2. The molecular weight excluding hydrogens is 240 g/mol. The van der Waals surface area contributed by atoms with E-state index in [0.717, 1.165) is 12.8 Å². The van der Waals surface area contributed by atoms with Gasteiger partial charge in [0.25, 0.3) is 0 Å². The highest BCUT2D eigenvalue weighted by atomic mass is 16.2. The van der Waals surface area contributed by atoms with Crippen LogP contribution in [0.2, 0.25) is 0 Å². The van der Waals surface area contributed by atoms with Crippen LogP contribution in [0.5, 0.6) is 0 Å². The summed E-state index contributed by atoms with van der Waals surface area (Å²) in [6.45, 7) is 2.96. The molecule has 100 valence electrons. The van der Waals surface area contributed by atoms with E-state index in [2.05, 4.69) is 17.4 Å². The van der Waals surface area contributed by atoms with Crippen LogP contribution in [0.3, 0.4) is 0 Å². The molecule has 4 heteroatoms. The SMILES string of the molecule is CC(=O)N1CCC2(CC1)C(=O)NC2c1ccccc1. The Morgan fingerprint density at radius 3 is 2.42 bits per heavy atom. The van der Waals surface area contributed by atoms with Crippen molar-refractivity contribution < 1.29 is 9.59 Å². The van der Waals surface area contributed by atoms with Gasteiger partial charge in [-0.2, -0.15) is 0 Å². The van der Waals surface area contributed by atoms with E-state index >= 15 is 0 Å². The molecule has 19 heavy (non-hydrogen) atoms. The van der Waals surface area contributed by atoms with Gasteiger partial charge in [-0.05, 0) is 18.4 Å². The number of β-lactam (4-membered cyclic amide) rings is 1. The Hall–Kier alpha value is -1.84. The number of benzene rings is 1. The van der Waals surface area contributed by atoms with Gasteiger partial charge in [0.05, 0.1) is 11.5 Å². The molecule has 0 bridgehead atoms. The van der Waals surface area contributed by atoms with Crippen molar-refractivity contribution in [3.05, 3.63) is 35.9 Å². The molecule has 0 aliphatic carbocycles. The van der Waals surface area contributed by atoms with Crippen LogP contribution < -0.4 is 5.32 Å². The summed E-state index contributed by atoms with van der Waals surface area (Å²) in [6, 6.07) is 10.2. The fourth-order valence-corrected chi connectivity index (χ4v) is 3.25. The monoisotopic (exact) mass is 258 g/mol. The summed E-state index contributed by atoms with van der Waals surface area (Å²) >= 11 is 0. The second kappa shape index (κ2) is 4.37. The van der Waals surface area contributed by atoms with Crippen LogP contribution in [0.15, 0.2) is 30.3 Å². The molecule has 1 unspecified atom stereocenters. The van der Waals surface area contributed by atoms with Crippen LogP contribution >= 0.6 is 0 Å². The summed E-state index contributed by atoms with van der Waals surface area (Å²) in [4.78, 5) is 25.3. The van der Waals surface area contributed by atoms with E-state index in [-0.39, 0.29) is 23.3 Å². The van der Waals surface area contributed by atoms with Gasteiger partial charge >= 0.3 is 0 Å². The van der Waals surface area contributed by atoms with Crippen molar-refractivity contribution in [2.75, 3.05) is 13.1 Å². The van der Waals surface area contributed by atoms with E-state index in [1.54, 1.807) is 6.92 Å². The number of rotatable bonds is 1. The number of carbonyl (C=O) groups is 2. The molecule has 0 radical (unpaired) electrons. The molecule has 1 aromatic carbocycles. The Morgan fingerprint density at radius 2 is 1.89 bits per heavy atom. The van der Waals surface area contributed by atoms with Crippen LogP contribution in [0.4, 0.5) is 0 Å². The molecule has 0 saturated carbocycles. The summed E-state index contributed by atoms with van der Waals surface area (Å²) in [7, 11) is 0. The standard InChI is InChI=1S/C15H18N2O2/c1-11(18)17-9-7-15(8-10-17)13(16-14(15)19)12-5-3-2-4-6-12/h2-6,13H,7-10H2,1H3,(H,16,19). The summed E-state index contributed by atoms with van der Waals surface area (Å²) < 4.78 is 0. The average Bonchev–Trinajstić information content (AvgIpc) is 2.45. The minimum atomic E-state index is -0.298. The molecule has 1 spiro atoms. The lowest BCUT2D eigenvalue weighted by Crippen LogP contribution is -2.64. The van der Waals surface area contributed by atoms with Crippen molar-refractivity contribution >= 4 is 11.8 Å². The maximum atomic E-state index is 12.1. The molecule has 4 nitrogen and oxygen atoms in total. The van der Waals surface area contributed by atoms with Crippen LogP contribution in [-0.4, -0.2) is 29.8 Å². The average molecular weight is 258 g/mol. The van der Waals surface area contributed by atoms with E-state index in [1.807, 2.05) is 23.1 Å². The Balaban J connectivity index is 1.80. The molecule has 0 aromatic heterocycles. The highest BCUT2D eigenvalue weighted by Gasteiger charge is 2.56. The van der Waals surface area contributed by atoms with Gasteiger partial charge in [-0.25, -0.2) is 0 Å². The first-order valence-electron chi connectivity index (χ1n) is 6.75. The van der Waals surface area contributed by atoms with Gasteiger partial charge in [-0.3, -0.25) is 9.59 Å². The molecule has 1 aromatic rings. The predicted molar refractivity (Wildman–Crippen MR) is 71.2 cm³/mol. The normalized spacial score (nSPS) is 24.8. The fraction of sp³-hybridized carbons (Fsp3) is 0.467. The molecule has 2 aliphatic rings. The number of hydrogen-bond acceptors (Lipinski definition) is 2. The van der Waals surface area contributed by atoms with E-state index in [1.165, 1.54) is 5.56 Å². The zero-order chi connectivity index (χ0) is 13.5. The summed E-state index contributed by atoms with van der Waals surface area (Å²) in [6.07, 6.45) is 1.52. The number of likely N-dealkylation sites (tertiary alicyclic amines) is 1. The van der Waals surface area contributed by atoms with Crippen molar-refractivity contribution in [1.29, 1.82) is 0 Å². The van der Waals surface area contributed by atoms with Crippen LogP contribution in [0.25, 0.3) is 0 Å². The molecule has 2 fully saturated rings. The number of piperidine rings is 1. The molecule has 1 atom stereocenters. The van der Waals surface area contributed by atoms with Crippen LogP contribution in [0, 0.1) is 5.41 Å². The van der Waals surface area contributed by atoms with Gasteiger partial charge in [0.1, 0.15) is 0 Å². The smallest absolute Gasteiger partial charge is 0.229 e. The molecule has 2 aliphatic heterocycles. The minimum absolute atomic E-state index is 0.103. The van der Waals surface area contributed by atoms with Crippen molar-refractivity contribution in [1.82, 2.24) is 10.2 Å². The number of nitrogens with zero attached hydrogens (tertiary/aromatic N) is 1. The molecule has 2 heterocycles. The molecule has 2 saturated heterocycles. The third-order valence-corrected chi connectivity index (χ3v) is 4.51. The van der Waals surface area contributed by atoms with Gasteiger partial charge in [0.15, 0.2) is 0 Å². The number of nitrogens with one attached hydrogen (secondary N) is 1. The van der Waals surface area contributed by atoms with E-state index in [0.29, 0.717) is 13.1 Å². The molecular formula is C15H18N2O2. The number of carbonyl (C=O) groups excluding carboxylic acids is 2. The predicted octanol–water partition coefficient (Wildman–Crippen LogP) is 1.49. The lowest BCUT2D eigenvalue weighted by atomic mass is 9.64. The summed E-state index contributed by atoms with van der Waals surface area (Å²) in [5.74, 6) is 0.246. The minimum Gasteiger partial charge on any atom is -0.348 e. The topological polar surface area (TPSA) is 49.4 Å². The van der Waals surface area contributed by atoms with Crippen molar-refractivity contribution in [3.63, 3.8) is 0 Å². The maximum Gasteiger partial charge on any atom is 0.229 e. The first kappa shape index (κ1) is 12.2. The summed E-state index contributed by atoms with van der Waals surface area (Å²) in [5.41, 5.74) is 0.867. The zero-order valence-corrected chi connectivity index (χ0v) is 11.1. The Labute approximate surface area is 112 Å². The van der Waals surface area contributed by atoms with Gasteiger partial charge in [-0.1, -0.05) is 30.3 Å². The highest BCUT2D eigenvalue weighted by Crippen LogP contribution is 2.49. The van der Waals surface area contributed by atoms with E-state index in [4.69, 9.17) is 0 Å². The molecule has 2 amide bonds. The maximum absolute atomic E-state index is 12.1. The largest absolute Gasteiger partial charge is 0.348 e. The Morgan fingerprint density at radius 1 is 1.26 bits per heavy atom. The number of hydrogen-bond donors (Lipinski definition) is 1. The second-order valence-corrected chi connectivity index (χ2v) is 5.48. The van der Waals surface area contributed by atoms with Gasteiger partial charge in [0.2, 0.25) is 11.8 Å². The first-order chi connectivity index (χ1) is 9.13. The zero-order valence-electron chi connectivity index (χ0n) is 11.1. The summed E-state index contributed by atoms with van der Waals surface area (Å²) in [5, 5.41) is 3.02. The third-order valence-electron chi connectivity index (χ3n) is 4.51. The quantitative estimate of drug-likeness (QED) is 0.776. The Bertz CT molecular complexity index is 504. The van der Waals surface area contributed by atoms with Crippen molar-refractivity contribution in [3.8, 4) is 0 Å².